The van der Waals surface area contributed by atoms with Crippen LogP contribution in [-0.4, -0.2) is 11.6 Å². The van der Waals surface area contributed by atoms with Crippen molar-refractivity contribution in [2.24, 2.45) is 11.8 Å². The fourth-order valence-corrected chi connectivity index (χ4v) is 4.17. The van der Waals surface area contributed by atoms with E-state index >= 15 is 0 Å². The highest BCUT2D eigenvalue weighted by Gasteiger charge is 2.47. The number of aryl methyl sites for hydroxylation is 1. The van der Waals surface area contributed by atoms with Crippen molar-refractivity contribution < 1.29 is 9.59 Å². The molecule has 2 unspecified atom stereocenters. The minimum absolute atomic E-state index is 0.126. The maximum atomic E-state index is 12.6. The summed E-state index contributed by atoms with van der Waals surface area (Å²) in [5, 5.41) is 0. The molecule has 0 radical (unpaired) electrons. The van der Waals surface area contributed by atoms with E-state index < -0.39 is 5.92 Å². The topological polar surface area (TPSA) is 34.1 Å². The lowest BCUT2D eigenvalue weighted by atomic mass is 9.74. The number of Topliss-reactive ketones (excluding diaryl/α,β-unsaturated/α-hetero) is 2. The first-order valence-electron chi connectivity index (χ1n) is 7.47. The number of fused-ring (bicyclic) bond motifs is 2. The zero-order valence-corrected chi connectivity index (χ0v) is 13.3. The Kier molecular flexibility index (Phi) is 3.80. The SMILES string of the molecule is CCCc1cc(Br)ccc1C1C(=O)C2CCC(C2)C1=O. The summed E-state index contributed by atoms with van der Waals surface area (Å²) in [4.78, 5) is 25.2. The van der Waals surface area contributed by atoms with Crippen LogP contribution >= 0.6 is 15.9 Å². The monoisotopic (exact) mass is 334 g/mol. The third kappa shape index (κ3) is 2.26. The first-order valence-corrected chi connectivity index (χ1v) is 8.27. The summed E-state index contributed by atoms with van der Waals surface area (Å²) in [7, 11) is 0. The lowest BCUT2D eigenvalue weighted by Crippen LogP contribution is -2.35. The summed E-state index contributed by atoms with van der Waals surface area (Å²) >= 11 is 3.49. The molecule has 3 heteroatoms. The van der Waals surface area contributed by atoms with Crippen LogP contribution in [0.4, 0.5) is 0 Å². The van der Waals surface area contributed by atoms with Crippen LogP contribution in [0.5, 0.6) is 0 Å². The number of benzene rings is 1. The lowest BCUT2D eigenvalue weighted by Gasteiger charge is -2.27. The van der Waals surface area contributed by atoms with E-state index in [0.717, 1.165) is 47.7 Å². The predicted molar refractivity (Wildman–Crippen MR) is 81.7 cm³/mol. The van der Waals surface area contributed by atoms with Crippen LogP contribution in [0, 0.1) is 11.8 Å². The lowest BCUT2D eigenvalue weighted by molar-refractivity contribution is -0.135. The van der Waals surface area contributed by atoms with Crippen LogP contribution in [0.1, 0.15) is 49.7 Å². The van der Waals surface area contributed by atoms with Gasteiger partial charge in [0.2, 0.25) is 0 Å². The van der Waals surface area contributed by atoms with Gasteiger partial charge < -0.3 is 0 Å². The molecule has 0 aromatic heterocycles. The van der Waals surface area contributed by atoms with Crippen LogP contribution in [0.3, 0.4) is 0 Å². The summed E-state index contributed by atoms with van der Waals surface area (Å²) < 4.78 is 1.02. The van der Waals surface area contributed by atoms with Gasteiger partial charge in [0.1, 0.15) is 5.92 Å². The molecule has 1 aromatic carbocycles. The third-order valence-corrected chi connectivity index (χ3v) is 5.24. The number of rotatable bonds is 3. The fourth-order valence-electron chi connectivity index (χ4n) is 3.76. The standard InChI is InChI=1S/C17H19BrO2/c1-2-3-10-9-13(18)6-7-14(10)15-16(19)11-4-5-12(8-11)17(15)20/h6-7,9,11-12,15H,2-5,8H2,1H3. The molecular weight excluding hydrogens is 316 g/mol. The Balaban J connectivity index is 2.03. The van der Waals surface area contributed by atoms with E-state index in [2.05, 4.69) is 28.9 Å². The molecule has 2 fully saturated rings. The van der Waals surface area contributed by atoms with E-state index in [0.29, 0.717) is 0 Å². The molecule has 20 heavy (non-hydrogen) atoms. The molecule has 2 aliphatic carbocycles. The van der Waals surface area contributed by atoms with E-state index in [1.54, 1.807) is 0 Å². The first kappa shape index (κ1) is 14.0. The molecule has 2 aliphatic rings. The molecule has 1 aromatic rings. The maximum Gasteiger partial charge on any atom is 0.150 e. The van der Waals surface area contributed by atoms with E-state index in [9.17, 15) is 9.59 Å². The average Bonchev–Trinajstić information content (AvgIpc) is 2.86. The molecule has 0 N–H and O–H groups in total. The van der Waals surface area contributed by atoms with Gasteiger partial charge in [-0.1, -0.05) is 35.3 Å². The van der Waals surface area contributed by atoms with Gasteiger partial charge in [0.05, 0.1) is 0 Å². The highest BCUT2D eigenvalue weighted by Crippen LogP contribution is 2.44. The second kappa shape index (κ2) is 5.44. The summed E-state index contributed by atoms with van der Waals surface area (Å²) in [6, 6.07) is 5.99. The minimum Gasteiger partial charge on any atom is -0.298 e. The minimum atomic E-state index is -0.490. The first-order chi connectivity index (χ1) is 9.61. The van der Waals surface area contributed by atoms with Gasteiger partial charge in [-0.25, -0.2) is 0 Å². The van der Waals surface area contributed by atoms with E-state index in [-0.39, 0.29) is 23.4 Å². The quantitative estimate of drug-likeness (QED) is 0.781. The Labute approximate surface area is 128 Å². The molecule has 2 bridgehead atoms. The average molecular weight is 335 g/mol. The Hall–Kier alpha value is -0.960. The van der Waals surface area contributed by atoms with Crippen LogP contribution in [0.15, 0.2) is 22.7 Å². The number of ketones is 2. The second-order valence-electron chi connectivity index (χ2n) is 6.04. The zero-order valence-electron chi connectivity index (χ0n) is 11.7. The number of halogens is 1. The third-order valence-electron chi connectivity index (χ3n) is 4.74. The van der Waals surface area contributed by atoms with Crippen molar-refractivity contribution in [2.75, 3.05) is 0 Å². The summed E-state index contributed by atoms with van der Waals surface area (Å²) in [5.74, 6) is 0.101. The highest BCUT2D eigenvalue weighted by atomic mass is 79.9. The van der Waals surface area contributed by atoms with E-state index in [4.69, 9.17) is 0 Å². The number of hydrogen-bond donors (Lipinski definition) is 0. The zero-order chi connectivity index (χ0) is 14.3. The second-order valence-corrected chi connectivity index (χ2v) is 6.95. The van der Waals surface area contributed by atoms with Gasteiger partial charge in [-0.2, -0.15) is 0 Å². The van der Waals surface area contributed by atoms with Gasteiger partial charge in [0, 0.05) is 16.3 Å². The van der Waals surface area contributed by atoms with Gasteiger partial charge >= 0.3 is 0 Å². The molecule has 3 rings (SSSR count). The maximum absolute atomic E-state index is 12.6. The Morgan fingerprint density at radius 2 is 1.80 bits per heavy atom. The largest absolute Gasteiger partial charge is 0.298 e. The van der Waals surface area contributed by atoms with Gasteiger partial charge in [0.15, 0.2) is 11.6 Å². The van der Waals surface area contributed by atoms with Crippen molar-refractivity contribution in [3.8, 4) is 0 Å². The molecule has 0 heterocycles. The van der Waals surface area contributed by atoms with Gasteiger partial charge in [0.25, 0.3) is 0 Å². The van der Waals surface area contributed by atoms with Crippen molar-refractivity contribution in [3.05, 3.63) is 33.8 Å². The molecular formula is C17H19BrO2. The summed E-state index contributed by atoms with van der Waals surface area (Å²) in [5.41, 5.74) is 2.11. The predicted octanol–water partition coefficient (Wildman–Crippen LogP) is 4.05. The molecule has 2 nitrogen and oxygen atoms in total. The summed E-state index contributed by atoms with van der Waals surface area (Å²) in [6.07, 6.45) is 4.55. The van der Waals surface area contributed by atoms with Crippen LogP contribution in [0.2, 0.25) is 0 Å². The normalized spacial score (nSPS) is 29.0. The van der Waals surface area contributed by atoms with Gasteiger partial charge in [-0.3, -0.25) is 9.59 Å². The van der Waals surface area contributed by atoms with Crippen molar-refractivity contribution in [3.63, 3.8) is 0 Å². The Bertz CT molecular complexity index is 542. The van der Waals surface area contributed by atoms with E-state index in [1.165, 1.54) is 0 Å². The molecule has 2 saturated carbocycles. The van der Waals surface area contributed by atoms with Crippen molar-refractivity contribution >= 4 is 27.5 Å². The fraction of sp³-hybridized carbons (Fsp3) is 0.529. The molecule has 0 aliphatic heterocycles. The molecule has 2 atom stereocenters. The van der Waals surface area contributed by atoms with Crippen molar-refractivity contribution in [1.29, 1.82) is 0 Å². The highest BCUT2D eigenvalue weighted by molar-refractivity contribution is 9.10. The van der Waals surface area contributed by atoms with Crippen LogP contribution < -0.4 is 0 Å². The Morgan fingerprint density at radius 1 is 1.15 bits per heavy atom. The molecule has 0 amide bonds. The van der Waals surface area contributed by atoms with E-state index in [1.807, 2.05) is 12.1 Å². The summed E-state index contributed by atoms with van der Waals surface area (Å²) in [6.45, 7) is 2.12. The number of carbonyl (C=O) groups is 2. The van der Waals surface area contributed by atoms with Gasteiger partial charge in [-0.05, 0) is 48.9 Å². The van der Waals surface area contributed by atoms with Crippen molar-refractivity contribution in [2.45, 2.75) is 44.9 Å². The molecule has 0 spiro atoms. The van der Waals surface area contributed by atoms with Gasteiger partial charge in [-0.15, -0.1) is 0 Å². The van der Waals surface area contributed by atoms with Crippen LogP contribution in [-0.2, 0) is 16.0 Å². The van der Waals surface area contributed by atoms with Crippen molar-refractivity contribution in [1.82, 2.24) is 0 Å². The Morgan fingerprint density at radius 3 is 2.40 bits per heavy atom. The smallest absolute Gasteiger partial charge is 0.150 e. The molecule has 0 saturated heterocycles. The van der Waals surface area contributed by atoms with Crippen LogP contribution in [0.25, 0.3) is 0 Å². The number of hydrogen-bond acceptors (Lipinski definition) is 2. The molecule has 106 valence electrons. The number of carbonyl (C=O) groups excluding carboxylic acids is 2.